The van der Waals surface area contributed by atoms with Crippen molar-refractivity contribution in [2.24, 2.45) is 0 Å². The lowest BCUT2D eigenvalue weighted by Crippen LogP contribution is -2.42. The van der Waals surface area contributed by atoms with Gasteiger partial charge in [-0.1, -0.05) is 54.6 Å². The Bertz CT molecular complexity index is 1230. The molecule has 3 aromatic carbocycles. The molecule has 10 heteroatoms. The van der Waals surface area contributed by atoms with Gasteiger partial charge in [-0.25, -0.2) is 9.59 Å². The third kappa shape index (κ3) is 5.54. The van der Waals surface area contributed by atoms with E-state index in [1.165, 1.54) is 19.2 Å². The van der Waals surface area contributed by atoms with E-state index in [1.807, 2.05) is 48.5 Å². The van der Waals surface area contributed by atoms with Crippen molar-refractivity contribution in [3.63, 3.8) is 0 Å². The van der Waals surface area contributed by atoms with Gasteiger partial charge < -0.3 is 24.6 Å². The molecule has 0 spiro atoms. The number of benzene rings is 3. The first-order valence-corrected chi connectivity index (χ1v) is 10.9. The number of alkyl carbamates (subject to hydrolysis) is 1. The lowest BCUT2D eigenvalue weighted by Gasteiger charge is -2.18. The number of alkyl halides is 3. The third-order valence-corrected chi connectivity index (χ3v) is 5.83. The Morgan fingerprint density at radius 3 is 2.14 bits per heavy atom. The van der Waals surface area contributed by atoms with Crippen LogP contribution in [0.4, 0.5) is 18.0 Å². The maximum absolute atomic E-state index is 12.7. The number of aliphatic carboxylic acids is 1. The number of carbonyl (C=O) groups is 2. The number of carboxylic acid groups (broad SMARTS) is 1. The summed E-state index contributed by atoms with van der Waals surface area (Å²) in [4.78, 5) is 24.3. The van der Waals surface area contributed by atoms with Crippen LogP contribution in [-0.4, -0.2) is 43.3 Å². The monoisotopic (exact) mass is 501 g/mol. The van der Waals surface area contributed by atoms with Gasteiger partial charge >= 0.3 is 18.4 Å². The van der Waals surface area contributed by atoms with Gasteiger partial charge in [-0.3, -0.25) is 0 Å². The van der Waals surface area contributed by atoms with Gasteiger partial charge in [0, 0.05) is 12.3 Å². The number of rotatable bonds is 8. The Labute approximate surface area is 204 Å². The Hall–Kier alpha value is -4.21. The van der Waals surface area contributed by atoms with Crippen molar-refractivity contribution in [3.05, 3.63) is 83.4 Å². The first-order valence-electron chi connectivity index (χ1n) is 10.9. The minimum Gasteiger partial charge on any atom is -0.493 e. The number of hydrogen-bond acceptors (Lipinski definition) is 5. The number of ether oxygens (including phenoxy) is 3. The number of carboxylic acids is 1. The number of carbonyl (C=O) groups excluding carboxylic acids is 1. The van der Waals surface area contributed by atoms with E-state index in [2.05, 4.69) is 10.1 Å². The highest BCUT2D eigenvalue weighted by molar-refractivity contribution is 5.81. The molecule has 0 saturated carbocycles. The quantitative estimate of drug-likeness (QED) is 0.445. The van der Waals surface area contributed by atoms with Crippen molar-refractivity contribution < 1.29 is 42.1 Å². The average Bonchev–Trinajstić information content (AvgIpc) is 3.15. The Morgan fingerprint density at radius 2 is 1.58 bits per heavy atom. The zero-order chi connectivity index (χ0) is 25.9. The van der Waals surface area contributed by atoms with Gasteiger partial charge in [0.15, 0.2) is 11.5 Å². The predicted octanol–water partition coefficient (Wildman–Crippen LogP) is 5.13. The second-order valence-electron chi connectivity index (χ2n) is 8.10. The highest BCUT2D eigenvalue weighted by Crippen LogP contribution is 2.44. The Balaban J connectivity index is 1.44. The van der Waals surface area contributed by atoms with Gasteiger partial charge in [0.1, 0.15) is 12.6 Å². The number of nitrogens with one attached hydrogen (secondary N) is 1. The molecule has 0 saturated heterocycles. The summed E-state index contributed by atoms with van der Waals surface area (Å²) < 4.78 is 52.3. The molecule has 1 aliphatic rings. The van der Waals surface area contributed by atoms with Crippen molar-refractivity contribution in [3.8, 4) is 22.6 Å². The molecule has 36 heavy (non-hydrogen) atoms. The predicted molar refractivity (Wildman–Crippen MR) is 123 cm³/mol. The zero-order valence-corrected chi connectivity index (χ0v) is 19.0. The van der Waals surface area contributed by atoms with Crippen molar-refractivity contribution in [2.75, 3.05) is 13.7 Å². The minimum atomic E-state index is -4.96. The maximum Gasteiger partial charge on any atom is 0.573 e. The van der Waals surface area contributed by atoms with E-state index in [4.69, 9.17) is 9.47 Å². The summed E-state index contributed by atoms with van der Waals surface area (Å²) in [6, 6.07) is 17.7. The molecule has 0 bridgehead atoms. The van der Waals surface area contributed by atoms with E-state index in [0.717, 1.165) is 28.3 Å². The lowest BCUT2D eigenvalue weighted by molar-refractivity contribution is -0.275. The fraction of sp³-hybridized carbons (Fsp3) is 0.231. The first kappa shape index (κ1) is 24.9. The molecule has 0 heterocycles. The van der Waals surface area contributed by atoms with Crippen LogP contribution in [0.25, 0.3) is 11.1 Å². The molecule has 2 N–H and O–H groups in total. The van der Waals surface area contributed by atoms with Crippen molar-refractivity contribution in [1.29, 1.82) is 0 Å². The molecule has 7 nitrogen and oxygen atoms in total. The van der Waals surface area contributed by atoms with Crippen LogP contribution in [0.1, 0.15) is 22.6 Å². The first-order chi connectivity index (χ1) is 17.2. The normalized spacial score (nSPS) is 13.3. The molecule has 1 atom stereocenters. The van der Waals surface area contributed by atoms with Gasteiger partial charge in [-0.2, -0.15) is 0 Å². The lowest BCUT2D eigenvalue weighted by atomic mass is 9.98. The van der Waals surface area contributed by atoms with Crippen molar-refractivity contribution in [1.82, 2.24) is 5.32 Å². The van der Waals surface area contributed by atoms with Crippen LogP contribution >= 0.6 is 0 Å². The van der Waals surface area contributed by atoms with Crippen LogP contribution < -0.4 is 14.8 Å². The zero-order valence-electron chi connectivity index (χ0n) is 19.0. The molecule has 1 amide bonds. The van der Waals surface area contributed by atoms with Crippen LogP contribution in [0.2, 0.25) is 0 Å². The van der Waals surface area contributed by atoms with E-state index in [-0.39, 0.29) is 30.3 Å². The summed E-state index contributed by atoms with van der Waals surface area (Å²) in [5, 5.41) is 11.9. The Kier molecular flexibility index (Phi) is 7.05. The molecular formula is C26H22F3NO6. The fourth-order valence-corrected chi connectivity index (χ4v) is 4.27. The highest BCUT2D eigenvalue weighted by atomic mass is 19.4. The van der Waals surface area contributed by atoms with Crippen molar-refractivity contribution in [2.45, 2.75) is 24.7 Å². The van der Waals surface area contributed by atoms with Crippen LogP contribution in [0.15, 0.2) is 66.7 Å². The molecule has 1 aliphatic carbocycles. The summed E-state index contributed by atoms with van der Waals surface area (Å²) in [7, 11) is 1.18. The fourth-order valence-electron chi connectivity index (χ4n) is 4.27. The van der Waals surface area contributed by atoms with Crippen LogP contribution in [0, 0.1) is 0 Å². The number of methoxy groups -OCH3 is 1. The molecule has 0 radical (unpaired) electrons. The van der Waals surface area contributed by atoms with Crippen LogP contribution in [0.5, 0.6) is 11.5 Å². The van der Waals surface area contributed by atoms with E-state index >= 15 is 0 Å². The van der Waals surface area contributed by atoms with Gasteiger partial charge in [0.25, 0.3) is 0 Å². The molecule has 0 aromatic heterocycles. The number of fused-ring (bicyclic) bond motifs is 3. The maximum atomic E-state index is 12.7. The number of amides is 1. The van der Waals surface area contributed by atoms with E-state index < -0.39 is 30.2 Å². The topological polar surface area (TPSA) is 94.1 Å². The number of hydrogen-bond donors (Lipinski definition) is 2. The largest absolute Gasteiger partial charge is 0.573 e. The van der Waals surface area contributed by atoms with Gasteiger partial charge in [0.2, 0.25) is 0 Å². The molecule has 0 aliphatic heterocycles. The standard InChI is InChI=1S/C26H22F3NO6/c1-34-22-11-10-15(13-23(22)36-26(27,28)29)12-21(24(31)32)30-25(33)35-14-20-18-8-4-2-6-16(18)17-7-3-5-9-19(17)20/h2-11,13,20-21H,12,14H2,1H3,(H,30,33)(H,31,32). The molecule has 1 unspecified atom stereocenters. The summed E-state index contributed by atoms with van der Waals surface area (Å²) in [5.74, 6) is -2.38. The van der Waals surface area contributed by atoms with Gasteiger partial charge in [0.05, 0.1) is 7.11 Å². The van der Waals surface area contributed by atoms with Crippen LogP contribution in [-0.2, 0) is 16.0 Å². The van der Waals surface area contributed by atoms with Crippen LogP contribution in [0.3, 0.4) is 0 Å². The minimum absolute atomic E-state index is 0.0156. The third-order valence-electron chi connectivity index (χ3n) is 5.83. The van der Waals surface area contributed by atoms with E-state index in [1.54, 1.807) is 0 Å². The molecule has 0 fully saturated rings. The van der Waals surface area contributed by atoms with Gasteiger partial charge in [-0.05, 0) is 39.9 Å². The van der Waals surface area contributed by atoms with E-state index in [0.29, 0.717) is 0 Å². The summed E-state index contributed by atoms with van der Waals surface area (Å²) >= 11 is 0. The Morgan fingerprint density at radius 1 is 0.972 bits per heavy atom. The smallest absolute Gasteiger partial charge is 0.493 e. The SMILES string of the molecule is COc1ccc(CC(NC(=O)OCC2c3ccccc3-c3ccccc32)C(=O)O)cc1OC(F)(F)F. The molecule has 188 valence electrons. The summed E-state index contributed by atoms with van der Waals surface area (Å²) in [6.07, 6.45) is -6.22. The second-order valence-corrected chi connectivity index (χ2v) is 8.10. The van der Waals surface area contributed by atoms with E-state index in [9.17, 15) is 27.9 Å². The molecule has 4 rings (SSSR count). The average molecular weight is 501 g/mol. The van der Waals surface area contributed by atoms with Crippen molar-refractivity contribution >= 4 is 12.1 Å². The molecular weight excluding hydrogens is 479 g/mol. The summed E-state index contributed by atoms with van der Waals surface area (Å²) in [5.41, 5.74) is 4.26. The molecule has 3 aromatic rings. The highest BCUT2D eigenvalue weighted by Gasteiger charge is 2.33. The number of halogens is 3. The van der Waals surface area contributed by atoms with Gasteiger partial charge in [-0.15, -0.1) is 13.2 Å². The summed E-state index contributed by atoms with van der Waals surface area (Å²) in [6.45, 7) is -0.0156. The second kappa shape index (κ2) is 10.2.